The summed E-state index contributed by atoms with van der Waals surface area (Å²) in [5.74, 6) is 0. The van der Waals surface area contributed by atoms with Crippen molar-refractivity contribution in [2.75, 3.05) is 6.26 Å². The Balaban J connectivity index is 2.73. The second-order valence-electron chi connectivity index (χ2n) is 2.99. The molecular formula is C9H11N3OS. The maximum Gasteiger partial charge on any atom is 0.261 e. The van der Waals surface area contributed by atoms with Crippen molar-refractivity contribution in [3.05, 3.63) is 22.1 Å². The number of hydrogen-bond donors (Lipinski definition) is 2. The number of nitrogens with one attached hydrogen (secondary N) is 2. The molecule has 0 amide bonds. The fourth-order valence-electron chi connectivity index (χ4n) is 1.34. The monoisotopic (exact) mass is 209 g/mol. The minimum Gasteiger partial charge on any atom is -0.343 e. The van der Waals surface area contributed by atoms with E-state index in [0.29, 0.717) is 16.2 Å². The van der Waals surface area contributed by atoms with Crippen LogP contribution in [-0.2, 0) is 6.42 Å². The van der Waals surface area contributed by atoms with E-state index in [2.05, 4.69) is 15.0 Å². The average molecular weight is 209 g/mol. The van der Waals surface area contributed by atoms with Crippen molar-refractivity contribution in [3.63, 3.8) is 0 Å². The minimum atomic E-state index is -0.0738. The third-order valence-electron chi connectivity index (χ3n) is 2.11. The van der Waals surface area contributed by atoms with E-state index in [9.17, 15) is 4.79 Å². The zero-order valence-electron chi connectivity index (χ0n) is 8.05. The van der Waals surface area contributed by atoms with E-state index in [0.717, 1.165) is 12.1 Å². The number of thioether (sulfide) groups is 1. The predicted molar refractivity (Wildman–Crippen MR) is 57.9 cm³/mol. The van der Waals surface area contributed by atoms with Gasteiger partial charge in [-0.15, -0.1) is 0 Å². The number of fused-ring (bicyclic) bond motifs is 1. The van der Waals surface area contributed by atoms with Crippen molar-refractivity contribution in [3.8, 4) is 0 Å². The predicted octanol–water partition coefficient (Wildman–Crippen LogP) is 1.54. The lowest BCUT2D eigenvalue weighted by molar-refractivity contribution is 0.965. The molecule has 0 aliphatic heterocycles. The van der Waals surface area contributed by atoms with Crippen LogP contribution in [0.5, 0.6) is 0 Å². The van der Waals surface area contributed by atoms with Crippen LogP contribution in [0.1, 0.15) is 12.6 Å². The van der Waals surface area contributed by atoms with E-state index >= 15 is 0 Å². The molecule has 0 radical (unpaired) electrons. The number of aromatic nitrogens is 3. The normalized spacial score (nSPS) is 11.0. The fraction of sp³-hybridized carbons (Fsp3) is 0.333. The first-order chi connectivity index (χ1) is 6.74. The molecule has 2 rings (SSSR count). The summed E-state index contributed by atoms with van der Waals surface area (Å²) in [6, 6.07) is 1.85. The van der Waals surface area contributed by atoms with E-state index in [1.165, 1.54) is 11.8 Å². The summed E-state index contributed by atoms with van der Waals surface area (Å²) in [7, 11) is 0. The largest absolute Gasteiger partial charge is 0.343 e. The van der Waals surface area contributed by atoms with Crippen molar-refractivity contribution in [1.29, 1.82) is 0 Å². The van der Waals surface area contributed by atoms with Crippen LogP contribution in [0.25, 0.3) is 11.0 Å². The molecule has 2 aromatic heterocycles. The van der Waals surface area contributed by atoms with Gasteiger partial charge in [0.1, 0.15) is 5.65 Å². The standard InChI is InChI=1S/C9H11N3OS/c1-3-5-4-6-7(10-5)11-9(14-2)12-8(6)13/h4H,3H2,1-2H3,(H2,10,11,12,13). The van der Waals surface area contributed by atoms with Crippen LogP contribution in [0.2, 0.25) is 0 Å². The molecule has 14 heavy (non-hydrogen) atoms. The molecule has 4 nitrogen and oxygen atoms in total. The third-order valence-corrected chi connectivity index (χ3v) is 2.69. The number of aromatic amines is 2. The summed E-state index contributed by atoms with van der Waals surface area (Å²) >= 11 is 1.43. The second kappa shape index (κ2) is 3.49. The number of rotatable bonds is 2. The lowest BCUT2D eigenvalue weighted by Gasteiger charge is -1.93. The highest BCUT2D eigenvalue weighted by molar-refractivity contribution is 7.98. The average Bonchev–Trinajstić information content (AvgIpc) is 2.61. The molecular weight excluding hydrogens is 198 g/mol. The van der Waals surface area contributed by atoms with Gasteiger partial charge in [0.2, 0.25) is 0 Å². The summed E-state index contributed by atoms with van der Waals surface area (Å²) in [5.41, 5.74) is 1.64. The number of hydrogen-bond acceptors (Lipinski definition) is 3. The Labute approximate surface area is 85.1 Å². The van der Waals surface area contributed by atoms with Gasteiger partial charge in [0, 0.05) is 5.69 Å². The van der Waals surface area contributed by atoms with Gasteiger partial charge in [-0.2, -0.15) is 0 Å². The molecule has 2 heterocycles. The van der Waals surface area contributed by atoms with Crippen LogP contribution in [0.3, 0.4) is 0 Å². The van der Waals surface area contributed by atoms with Gasteiger partial charge in [-0.3, -0.25) is 4.79 Å². The third kappa shape index (κ3) is 1.43. The second-order valence-corrected chi connectivity index (χ2v) is 3.78. The smallest absolute Gasteiger partial charge is 0.261 e. The van der Waals surface area contributed by atoms with Crippen LogP contribution in [0.15, 0.2) is 16.0 Å². The molecule has 0 atom stereocenters. The quantitative estimate of drug-likeness (QED) is 0.582. The zero-order valence-corrected chi connectivity index (χ0v) is 8.86. The molecule has 0 unspecified atom stereocenters. The lowest BCUT2D eigenvalue weighted by Crippen LogP contribution is -2.07. The Morgan fingerprint density at radius 1 is 1.50 bits per heavy atom. The zero-order chi connectivity index (χ0) is 10.1. The molecule has 0 fully saturated rings. The van der Waals surface area contributed by atoms with E-state index < -0.39 is 0 Å². The van der Waals surface area contributed by atoms with Crippen molar-refractivity contribution in [1.82, 2.24) is 15.0 Å². The Hall–Kier alpha value is -1.23. The van der Waals surface area contributed by atoms with Crippen molar-refractivity contribution in [2.24, 2.45) is 0 Å². The van der Waals surface area contributed by atoms with E-state index in [1.807, 2.05) is 19.2 Å². The van der Waals surface area contributed by atoms with Crippen molar-refractivity contribution in [2.45, 2.75) is 18.5 Å². The molecule has 0 saturated carbocycles. The molecule has 2 aromatic rings. The summed E-state index contributed by atoms with van der Waals surface area (Å²) in [5, 5.41) is 1.28. The molecule has 2 N–H and O–H groups in total. The molecule has 0 aliphatic rings. The minimum absolute atomic E-state index is 0.0738. The van der Waals surface area contributed by atoms with E-state index in [1.54, 1.807) is 0 Å². The van der Waals surface area contributed by atoms with Crippen LogP contribution in [0, 0.1) is 0 Å². The maximum absolute atomic E-state index is 11.6. The maximum atomic E-state index is 11.6. The first kappa shape index (κ1) is 9.33. The van der Waals surface area contributed by atoms with Gasteiger partial charge in [0.25, 0.3) is 5.56 Å². The van der Waals surface area contributed by atoms with Gasteiger partial charge in [0.15, 0.2) is 5.16 Å². The highest BCUT2D eigenvalue weighted by atomic mass is 32.2. The Morgan fingerprint density at radius 3 is 2.93 bits per heavy atom. The van der Waals surface area contributed by atoms with E-state index in [-0.39, 0.29) is 5.56 Å². The van der Waals surface area contributed by atoms with Crippen molar-refractivity contribution < 1.29 is 0 Å². The first-order valence-corrected chi connectivity index (χ1v) is 5.63. The Morgan fingerprint density at radius 2 is 2.29 bits per heavy atom. The van der Waals surface area contributed by atoms with E-state index in [4.69, 9.17) is 0 Å². The van der Waals surface area contributed by atoms with Gasteiger partial charge in [0.05, 0.1) is 5.39 Å². The summed E-state index contributed by atoms with van der Waals surface area (Å²) in [6.45, 7) is 2.04. The highest BCUT2D eigenvalue weighted by Gasteiger charge is 2.06. The number of nitrogens with zero attached hydrogens (tertiary/aromatic N) is 1. The van der Waals surface area contributed by atoms with Crippen LogP contribution >= 0.6 is 11.8 Å². The Kier molecular flexibility index (Phi) is 2.33. The fourth-order valence-corrected chi connectivity index (χ4v) is 1.72. The Bertz CT molecular complexity index is 514. The van der Waals surface area contributed by atoms with Gasteiger partial charge in [-0.1, -0.05) is 18.7 Å². The van der Waals surface area contributed by atoms with Gasteiger partial charge in [-0.25, -0.2) is 4.98 Å². The van der Waals surface area contributed by atoms with Gasteiger partial charge in [-0.05, 0) is 18.7 Å². The number of H-pyrrole nitrogens is 2. The molecule has 0 spiro atoms. The van der Waals surface area contributed by atoms with Crippen LogP contribution in [-0.4, -0.2) is 21.2 Å². The summed E-state index contributed by atoms with van der Waals surface area (Å²) in [4.78, 5) is 21.7. The molecule has 0 saturated heterocycles. The van der Waals surface area contributed by atoms with Crippen LogP contribution in [0.4, 0.5) is 0 Å². The highest BCUT2D eigenvalue weighted by Crippen LogP contribution is 2.12. The van der Waals surface area contributed by atoms with Crippen molar-refractivity contribution >= 4 is 22.8 Å². The molecule has 5 heteroatoms. The molecule has 0 bridgehead atoms. The first-order valence-electron chi connectivity index (χ1n) is 4.40. The SMILES string of the molecule is CCc1cc2c(=O)[nH]c(SC)nc2[nH]1. The number of aryl methyl sites for hydroxylation is 1. The summed E-state index contributed by atoms with van der Waals surface area (Å²) in [6.07, 6.45) is 2.76. The van der Waals surface area contributed by atoms with Gasteiger partial charge < -0.3 is 9.97 Å². The molecule has 0 aromatic carbocycles. The lowest BCUT2D eigenvalue weighted by atomic mass is 10.3. The van der Waals surface area contributed by atoms with Gasteiger partial charge >= 0.3 is 0 Å². The molecule has 74 valence electrons. The summed E-state index contributed by atoms with van der Waals surface area (Å²) < 4.78 is 0. The topological polar surface area (TPSA) is 61.5 Å². The molecule has 0 aliphatic carbocycles. The van der Waals surface area contributed by atoms with Crippen LogP contribution < -0.4 is 5.56 Å².